The molecular weight excluding hydrogens is 264 g/mol. The molecule has 1 saturated heterocycles. The lowest BCUT2D eigenvalue weighted by Crippen LogP contribution is -2.47. The molecule has 1 aliphatic rings. The van der Waals surface area contributed by atoms with Crippen LogP contribution < -0.4 is 5.73 Å². The number of hydrogen-bond donors (Lipinski definition) is 1. The van der Waals surface area contributed by atoms with E-state index in [0.717, 1.165) is 23.8 Å². The molecule has 2 N–H and O–H groups in total. The van der Waals surface area contributed by atoms with Crippen molar-refractivity contribution in [2.75, 3.05) is 26.8 Å². The summed E-state index contributed by atoms with van der Waals surface area (Å²) in [6.07, 6.45) is 0.204. The van der Waals surface area contributed by atoms with Crippen LogP contribution >= 0.6 is 11.3 Å². The van der Waals surface area contributed by atoms with Gasteiger partial charge >= 0.3 is 0 Å². The average Bonchev–Trinajstić information content (AvgIpc) is 2.84. The fraction of sp³-hybridized carbons (Fsp3) is 0.667. The lowest BCUT2D eigenvalue weighted by molar-refractivity contribution is 0.00528. The number of hydrogen-bond acceptors (Lipinski definition) is 5. The normalized spacial score (nSPS) is 20.8. The molecule has 1 unspecified atom stereocenters. The van der Waals surface area contributed by atoms with Gasteiger partial charge in [0.15, 0.2) is 5.96 Å². The molecule has 7 heteroatoms. The van der Waals surface area contributed by atoms with Crippen molar-refractivity contribution in [2.45, 2.75) is 26.2 Å². The van der Waals surface area contributed by atoms with Gasteiger partial charge in [0.1, 0.15) is 5.01 Å². The first kappa shape index (κ1) is 14.2. The minimum Gasteiger partial charge on any atom is -0.378 e. The van der Waals surface area contributed by atoms with Gasteiger partial charge in [0.25, 0.3) is 0 Å². The number of methoxy groups -OCH3 is 1. The van der Waals surface area contributed by atoms with E-state index in [4.69, 9.17) is 15.2 Å². The van der Waals surface area contributed by atoms with Gasteiger partial charge in [-0.05, 0) is 6.92 Å². The molecule has 0 amide bonds. The summed E-state index contributed by atoms with van der Waals surface area (Å²) in [4.78, 5) is 10.9. The Morgan fingerprint density at radius 3 is 3.32 bits per heavy atom. The van der Waals surface area contributed by atoms with Gasteiger partial charge in [-0.25, -0.2) is 9.98 Å². The van der Waals surface area contributed by atoms with Gasteiger partial charge in [-0.15, -0.1) is 11.3 Å². The molecule has 2 heterocycles. The van der Waals surface area contributed by atoms with Crippen LogP contribution in [0.5, 0.6) is 0 Å². The van der Waals surface area contributed by atoms with Gasteiger partial charge in [-0.1, -0.05) is 0 Å². The molecule has 0 bridgehead atoms. The number of thiazole rings is 1. The maximum atomic E-state index is 6.00. The van der Waals surface area contributed by atoms with Gasteiger partial charge in [0.2, 0.25) is 0 Å². The van der Waals surface area contributed by atoms with E-state index in [1.165, 1.54) is 0 Å². The zero-order valence-electron chi connectivity index (χ0n) is 11.3. The molecular formula is C12H20N4O2S. The van der Waals surface area contributed by atoms with Gasteiger partial charge in [-0.2, -0.15) is 0 Å². The van der Waals surface area contributed by atoms with Crippen molar-refractivity contribution < 1.29 is 9.47 Å². The number of aliphatic imine (C=N–C) groups is 1. The number of aromatic nitrogens is 1. The van der Waals surface area contributed by atoms with Crippen molar-refractivity contribution >= 4 is 17.3 Å². The van der Waals surface area contributed by atoms with Crippen LogP contribution in [-0.2, 0) is 22.6 Å². The largest absolute Gasteiger partial charge is 0.378 e. The van der Waals surface area contributed by atoms with Crippen LogP contribution in [0.2, 0.25) is 0 Å². The summed E-state index contributed by atoms with van der Waals surface area (Å²) in [5.41, 5.74) is 6.93. The predicted octanol–water partition coefficient (Wildman–Crippen LogP) is 0.825. The van der Waals surface area contributed by atoms with Gasteiger partial charge in [-0.3, -0.25) is 0 Å². The van der Waals surface area contributed by atoms with Crippen molar-refractivity contribution in [2.24, 2.45) is 10.7 Å². The molecule has 1 fully saturated rings. The molecule has 0 saturated carbocycles. The number of rotatable bonds is 4. The summed E-state index contributed by atoms with van der Waals surface area (Å²) in [7, 11) is 1.66. The van der Waals surface area contributed by atoms with E-state index in [0.29, 0.717) is 25.7 Å². The zero-order valence-corrected chi connectivity index (χ0v) is 12.2. The van der Waals surface area contributed by atoms with Crippen LogP contribution in [-0.4, -0.2) is 48.8 Å². The molecule has 1 aromatic rings. The Kier molecular flexibility index (Phi) is 5.12. The third-order valence-corrected chi connectivity index (χ3v) is 3.71. The smallest absolute Gasteiger partial charge is 0.191 e. The number of morpholine rings is 1. The second-order valence-corrected chi connectivity index (χ2v) is 5.41. The first-order valence-corrected chi connectivity index (χ1v) is 7.15. The van der Waals surface area contributed by atoms with Crippen LogP contribution in [0.4, 0.5) is 0 Å². The number of guanidine groups is 1. The first-order chi connectivity index (χ1) is 9.19. The summed E-state index contributed by atoms with van der Waals surface area (Å²) in [5, 5.41) is 2.96. The maximum absolute atomic E-state index is 6.00. The van der Waals surface area contributed by atoms with E-state index in [1.54, 1.807) is 18.4 Å². The van der Waals surface area contributed by atoms with Gasteiger partial charge in [0.05, 0.1) is 31.6 Å². The van der Waals surface area contributed by atoms with Gasteiger partial charge < -0.3 is 20.1 Å². The molecule has 0 radical (unpaired) electrons. The van der Waals surface area contributed by atoms with E-state index in [1.807, 2.05) is 12.3 Å². The minimum absolute atomic E-state index is 0.204. The highest BCUT2D eigenvalue weighted by molar-refractivity contribution is 7.09. The zero-order chi connectivity index (χ0) is 13.7. The average molecular weight is 284 g/mol. The van der Waals surface area contributed by atoms with Crippen molar-refractivity contribution in [3.05, 3.63) is 16.1 Å². The van der Waals surface area contributed by atoms with E-state index < -0.39 is 0 Å². The molecule has 1 atom stereocenters. The molecule has 1 aliphatic heterocycles. The summed E-state index contributed by atoms with van der Waals surface area (Å²) in [6.45, 7) is 5.39. The highest BCUT2D eigenvalue weighted by Crippen LogP contribution is 2.12. The summed E-state index contributed by atoms with van der Waals surface area (Å²) >= 11 is 1.58. The fourth-order valence-corrected chi connectivity index (χ4v) is 2.65. The Bertz CT molecular complexity index is 435. The number of ether oxygens (including phenoxy) is 2. The fourth-order valence-electron chi connectivity index (χ4n) is 1.90. The van der Waals surface area contributed by atoms with Crippen LogP contribution in [0, 0.1) is 0 Å². The Labute approximate surface area is 117 Å². The van der Waals surface area contributed by atoms with Crippen LogP contribution in [0.3, 0.4) is 0 Å². The SMILES string of the molecule is COCc1nc(CN=C(N)N2CCOC(C)C2)cs1. The van der Waals surface area contributed by atoms with Crippen molar-refractivity contribution in [1.29, 1.82) is 0 Å². The highest BCUT2D eigenvalue weighted by Gasteiger charge is 2.17. The van der Waals surface area contributed by atoms with Crippen LogP contribution in [0.1, 0.15) is 17.6 Å². The van der Waals surface area contributed by atoms with E-state index in [2.05, 4.69) is 14.9 Å². The van der Waals surface area contributed by atoms with Crippen LogP contribution in [0.15, 0.2) is 10.4 Å². The standard InChI is InChI=1S/C12H20N4O2S/c1-9-6-16(3-4-18-9)12(13)14-5-10-8-19-11(15-10)7-17-2/h8-9H,3-7H2,1-2H3,(H2,13,14). The van der Waals surface area contributed by atoms with Crippen molar-refractivity contribution in [1.82, 2.24) is 9.88 Å². The molecule has 19 heavy (non-hydrogen) atoms. The molecule has 106 valence electrons. The summed E-state index contributed by atoms with van der Waals surface area (Å²) < 4.78 is 10.5. The summed E-state index contributed by atoms with van der Waals surface area (Å²) in [6, 6.07) is 0. The Hall–Kier alpha value is -1.18. The number of nitrogens with zero attached hydrogens (tertiary/aromatic N) is 3. The van der Waals surface area contributed by atoms with E-state index in [-0.39, 0.29) is 6.10 Å². The second kappa shape index (κ2) is 6.83. The Balaban J connectivity index is 1.89. The number of nitrogens with two attached hydrogens (primary N) is 1. The third-order valence-electron chi connectivity index (χ3n) is 2.84. The van der Waals surface area contributed by atoms with Gasteiger partial charge in [0, 0.05) is 25.6 Å². The molecule has 0 aromatic carbocycles. The molecule has 6 nitrogen and oxygen atoms in total. The molecule has 1 aromatic heterocycles. The molecule has 2 rings (SSSR count). The maximum Gasteiger partial charge on any atom is 0.191 e. The second-order valence-electron chi connectivity index (χ2n) is 4.47. The topological polar surface area (TPSA) is 73.0 Å². The molecule has 0 spiro atoms. The van der Waals surface area contributed by atoms with Crippen molar-refractivity contribution in [3.63, 3.8) is 0 Å². The summed E-state index contributed by atoms with van der Waals surface area (Å²) in [5.74, 6) is 0.566. The Morgan fingerprint density at radius 2 is 2.58 bits per heavy atom. The Morgan fingerprint density at radius 1 is 1.74 bits per heavy atom. The quantitative estimate of drug-likeness (QED) is 0.655. The monoisotopic (exact) mass is 284 g/mol. The van der Waals surface area contributed by atoms with Crippen molar-refractivity contribution in [3.8, 4) is 0 Å². The lowest BCUT2D eigenvalue weighted by atomic mass is 10.3. The minimum atomic E-state index is 0.204. The predicted molar refractivity (Wildman–Crippen MR) is 75.1 cm³/mol. The molecule has 0 aliphatic carbocycles. The third kappa shape index (κ3) is 4.15. The lowest BCUT2D eigenvalue weighted by Gasteiger charge is -2.31. The highest BCUT2D eigenvalue weighted by atomic mass is 32.1. The first-order valence-electron chi connectivity index (χ1n) is 6.27. The van der Waals surface area contributed by atoms with E-state index in [9.17, 15) is 0 Å². The van der Waals surface area contributed by atoms with E-state index >= 15 is 0 Å². The van der Waals surface area contributed by atoms with Crippen LogP contribution in [0.25, 0.3) is 0 Å².